The van der Waals surface area contributed by atoms with Gasteiger partial charge in [-0.1, -0.05) is 50.6 Å². The molecule has 2 unspecified atom stereocenters. The minimum Gasteiger partial charge on any atom is -0.391 e. The number of rotatable bonds is 3. The SMILES string of the molecule is Cc1ccc(C(C)(C)CC(=O)N2CCC(C)C(O)C2)cc1. The maximum absolute atomic E-state index is 12.5. The summed E-state index contributed by atoms with van der Waals surface area (Å²) in [6.07, 6.45) is 0.986. The van der Waals surface area contributed by atoms with E-state index in [0.717, 1.165) is 13.0 Å². The Kier molecular flexibility index (Phi) is 4.72. The number of amides is 1. The summed E-state index contributed by atoms with van der Waals surface area (Å²) in [4.78, 5) is 14.3. The fraction of sp³-hybridized carbons (Fsp3) is 0.611. The minimum atomic E-state index is -0.384. The van der Waals surface area contributed by atoms with Gasteiger partial charge < -0.3 is 10.0 Å². The Morgan fingerprint density at radius 2 is 1.95 bits per heavy atom. The molecule has 2 rings (SSSR count). The number of nitrogens with zero attached hydrogens (tertiary/aromatic N) is 1. The van der Waals surface area contributed by atoms with Crippen molar-refractivity contribution in [3.63, 3.8) is 0 Å². The zero-order valence-corrected chi connectivity index (χ0v) is 13.6. The molecule has 3 nitrogen and oxygen atoms in total. The third kappa shape index (κ3) is 3.85. The average molecular weight is 289 g/mol. The number of aryl methyl sites for hydroxylation is 1. The van der Waals surface area contributed by atoms with Crippen molar-refractivity contribution in [2.75, 3.05) is 13.1 Å². The van der Waals surface area contributed by atoms with Crippen molar-refractivity contribution < 1.29 is 9.90 Å². The number of aliphatic hydroxyl groups is 1. The monoisotopic (exact) mass is 289 g/mol. The number of hydrogen-bond donors (Lipinski definition) is 1. The van der Waals surface area contributed by atoms with E-state index in [-0.39, 0.29) is 17.4 Å². The molecule has 1 amide bonds. The largest absolute Gasteiger partial charge is 0.391 e. The molecule has 1 aliphatic rings. The van der Waals surface area contributed by atoms with Crippen LogP contribution in [0.3, 0.4) is 0 Å². The lowest BCUT2D eigenvalue weighted by Crippen LogP contribution is -2.47. The molecule has 1 N–H and O–H groups in total. The average Bonchev–Trinajstić information content (AvgIpc) is 2.41. The normalized spacial score (nSPS) is 23.2. The van der Waals surface area contributed by atoms with E-state index in [2.05, 4.69) is 45.0 Å². The molecule has 0 spiro atoms. The van der Waals surface area contributed by atoms with E-state index in [1.165, 1.54) is 11.1 Å². The highest BCUT2D eigenvalue weighted by Crippen LogP contribution is 2.29. The number of piperidine rings is 1. The summed E-state index contributed by atoms with van der Waals surface area (Å²) >= 11 is 0. The molecule has 1 heterocycles. The Labute approximate surface area is 128 Å². The van der Waals surface area contributed by atoms with Crippen LogP contribution in [-0.4, -0.2) is 35.1 Å². The maximum Gasteiger partial charge on any atom is 0.223 e. The van der Waals surface area contributed by atoms with Crippen LogP contribution in [0.2, 0.25) is 0 Å². The highest BCUT2D eigenvalue weighted by Gasteiger charge is 2.31. The van der Waals surface area contributed by atoms with E-state index in [4.69, 9.17) is 0 Å². The second-order valence-corrected chi connectivity index (χ2v) is 7.10. The zero-order valence-electron chi connectivity index (χ0n) is 13.6. The van der Waals surface area contributed by atoms with Crippen LogP contribution < -0.4 is 0 Å². The first-order valence-electron chi connectivity index (χ1n) is 7.82. The highest BCUT2D eigenvalue weighted by atomic mass is 16.3. The van der Waals surface area contributed by atoms with Gasteiger partial charge in [-0.15, -0.1) is 0 Å². The van der Waals surface area contributed by atoms with Gasteiger partial charge in [0.2, 0.25) is 5.91 Å². The zero-order chi connectivity index (χ0) is 15.6. The lowest BCUT2D eigenvalue weighted by molar-refractivity contribution is -0.136. The summed E-state index contributed by atoms with van der Waals surface area (Å²) in [5.74, 6) is 0.436. The first-order chi connectivity index (χ1) is 9.79. The Morgan fingerprint density at radius 1 is 1.33 bits per heavy atom. The topological polar surface area (TPSA) is 40.5 Å². The van der Waals surface area contributed by atoms with Crippen LogP contribution in [0.15, 0.2) is 24.3 Å². The molecule has 0 saturated carbocycles. The van der Waals surface area contributed by atoms with Crippen molar-refractivity contribution in [3.05, 3.63) is 35.4 Å². The van der Waals surface area contributed by atoms with Crippen molar-refractivity contribution in [1.82, 2.24) is 4.90 Å². The molecule has 116 valence electrons. The van der Waals surface area contributed by atoms with Gasteiger partial charge in [-0.25, -0.2) is 0 Å². The Bertz CT molecular complexity index is 492. The molecule has 0 bridgehead atoms. The maximum atomic E-state index is 12.5. The van der Waals surface area contributed by atoms with Crippen LogP contribution >= 0.6 is 0 Å². The summed E-state index contributed by atoms with van der Waals surface area (Å²) in [7, 11) is 0. The van der Waals surface area contributed by atoms with E-state index in [1.54, 1.807) is 0 Å². The number of benzene rings is 1. The number of carbonyl (C=O) groups excluding carboxylic acids is 1. The molecular formula is C18H27NO2. The van der Waals surface area contributed by atoms with Gasteiger partial charge >= 0.3 is 0 Å². The van der Waals surface area contributed by atoms with Crippen molar-refractivity contribution in [3.8, 4) is 0 Å². The number of carbonyl (C=O) groups is 1. The second kappa shape index (κ2) is 6.18. The van der Waals surface area contributed by atoms with Crippen LogP contribution in [0.4, 0.5) is 0 Å². The van der Waals surface area contributed by atoms with Crippen molar-refractivity contribution in [1.29, 1.82) is 0 Å². The van der Waals surface area contributed by atoms with Crippen LogP contribution in [0.5, 0.6) is 0 Å². The van der Waals surface area contributed by atoms with E-state index < -0.39 is 0 Å². The van der Waals surface area contributed by atoms with E-state index in [1.807, 2.05) is 11.8 Å². The Hall–Kier alpha value is -1.35. The standard InChI is InChI=1S/C18H27NO2/c1-13-5-7-15(8-6-13)18(3,4)11-17(21)19-10-9-14(2)16(20)12-19/h5-8,14,16,20H,9-12H2,1-4H3. The van der Waals surface area contributed by atoms with Gasteiger partial charge in [-0.05, 0) is 30.2 Å². The van der Waals surface area contributed by atoms with Gasteiger partial charge in [0.25, 0.3) is 0 Å². The molecule has 1 aromatic carbocycles. The Morgan fingerprint density at radius 3 is 2.52 bits per heavy atom. The quantitative estimate of drug-likeness (QED) is 0.929. The third-order valence-electron chi connectivity index (χ3n) is 4.70. The molecule has 3 heteroatoms. The molecule has 0 radical (unpaired) electrons. The van der Waals surface area contributed by atoms with Gasteiger partial charge in [-0.3, -0.25) is 4.79 Å². The summed E-state index contributed by atoms with van der Waals surface area (Å²) in [5.41, 5.74) is 2.24. The van der Waals surface area contributed by atoms with Gasteiger partial charge in [-0.2, -0.15) is 0 Å². The van der Waals surface area contributed by atoms with Gasteiger partial charge in [0.1, 0.15) is 0 Å². The van der Waals surface area contributed by atoms with Gasteiger partial charge in [0.05, 0.1) is 6.10 Å². The molecule has 1 saturated heterocycles. The molecule has 21 heavy (non-hydrogen) atoms. The Balaban J connectivity index is 2.02. The van der Waals surface area contributed by atoms with Gasteiger partial charge in [0, 0.05) is 19.5 Å². The first-order valence-corrected chi connectivity index (χ1v) is 7.82. The van der Waals surface area contributed by atoms with E-state index >= 15 is 0 Å². The summed E-state index contributed by atoms with van der Waals surface area (Å²) in [5, 5.41) is 9.95. The number of aliphatic hydroxyl groups excluding tert-OH is 1. The molecule has 0 aromatic heterocycles. The van der Waals surface area contributed by atoms with Gasteiger partial charge in [0.15, 0.2) is 0 Å². The van der Waals surface area contributed by atoms with E-state index in [9.17, 15) is 9.90 Å². The first kappa shape index (κ1) is 16.0. The number of likely N-dealkylation sites (tertiary alicyclic amines) is 1. The smallest absolute Gasteiger partial charge is 0.223 e. The predicted molar refractivity (Wildman–Crippen MR) is 85.2 cm³/mol. The lowest BCUT2D eigenvalue weighted by Gasteiger charge is -2.36. The van der Waals surface area contributed by atoms with E-state index in [0.29, 0.717) is 18.9 Å². The number of hydrogen-bond acceptors (Lipinski definition) is 2. The highest BCUT2D eigenvalue weighted by molar-refractivity contribution is 5.78. The molecular weight excluding hydrogens is 262 g/mol. The summed E-state index contributed by atoms with van der Waals surface area (Å²) in [6, 6.07) is 8.40. The predicted octanol–water partition coefficient (Wildman–Crippen LogP) is 2.89. The minimum absolute atomic E-state index is 0.145. The van der Waals surface area contributed by atoms with Crippen LogP contribution in [0.1, 0.15) is 44.7 Å². The molecule has 1 aromatic rings. The third-order valence-corrected chi connectivity index (χ3v) is 4.70. The number of β-amino-alcohol motifs (C(OH)–C–C–N with tert-alkyl or cyclic N) is 1. The molecule has 2 atom stereocenters. The van der Waals surface area contributed by atoms with Crippen molar-refractivity contribution in [2.24, 2.45) is 5.92 Å². The summed E-state index contributed by atoms with van der Waals surface area (Å²) < 4.78 is 0. The lowest BCUT2D eigenvalue weighted by atomic mass is 9.80. The fourth-order valence-corrected chi connectivity index (χ4v) is 2.87. The van der Waals surface area contributed by atoms with Crippen molar-refractivity contribution in [2.45, 2.75) is 52.1 Å². The molecule has 1 fully saturated rings. The second-order valence-electron chi connectivity index (χ2n) is 7.10. The fourth-order valence-electron chi connectivity index (χ4n) is 2.87. The molecule has 1 aliphatic heterocycles. The van der Waals surface area contributed by atoms with Crippen LogP contribution in [0, 0.1) is 12.8 Å². The van der Waals surface area contributed by atoms with Crippen LogP contribution in [0.25, 0.3) is 0 Å². The van der Waals surface area contributed by atoms with Crippen LogP contribution in [-0.2, 0) is 10.2 Å². The molecule has 0 aliphatic carbocycles. The van der Waals surface area contributed by atoms with Crippen molar-refractivity contribution >= 4 is 5.91 Å². The summed E-state index contributed by atoms with van der Waals surface area (Å²) in [6.45, 7) is 9.57.